The summed E-state index contributed by atoms with van der Waals surface area (Å²) in [4.78, 5) is 16.6. The van der Waals surface area contributed by atoms with Crippen LogP contribution in [0.15, 0.2) is 48.8 Å². The zero-order chi connectivity index (χ0) is 14.1. The van der Waals surface area contributed by atoms with E-state index in [0.717, 1.165) is 11.0 Å². The van der Waals surface area contributed by atoms with Gasteiger partial charge in [0.25, 0.3) is 5.91 Å². The van der Waals surface area contributed by atoms with Gasteiger partial charge in [0.1, 0.15) is 5.65 Å². The van der Waals surface area contributed by atoms with Crippen molar-refractivity contribution in [3.05, 3.63) is 59.4 Å². The number of hydrogen-bond donors (Lipinski definition) is 1. The van der Waals surface area contributed by atoms with Crippen molar-refractivity contribution in [1.82, 2.24) is 9.55 Å². The van der Waals surface area contributed by atoms with Crippen molar-refractivity contribution < 1.29 is 4.79 Å². The summed E-state index contributed by atoms with van der Waals surface area (Å²) in [6, 6.07) is 10.7. The first-order valence-corrected chi connectivity index (χ1v) is 6.50. The number of carbonyl (C=O) groups is 1. The number of halogens is 1. The summed E-state index contributed by atoms with van der Waals surface area (Å²) in [7, 11) is 1.87. The number of amides is 1. The standard InChI is InChI=1S/C15H12ClN3O/c1-19-9-13(12-3-2-8-17-14(12)19)15(20)18-11-6-4-10(16)5-7-11/h2-9H,1H3,(H,18,20). The quantitative estimate of drug-likeness (QED) is 0.783. The number of rotatable bonds is 2. The predicted octanol–water partition coefficient (Wildman–Crippen LogP) is 3.48. The van der Waals surface area contributed by atoms with Crippen LogP contribution in [0.5, 0.6) is 0 Å². The van der Waals surface area contributed by atoms with E-state index in [0.29, 0.717) is 16.3 Å². The number of hydrogen-bond acceptors (Lipinski definition) is 2. The van der Waals surface area contributed by atoms with E-state index < -0.39 is 0 Å². The molecule has 1 N–H and O–H groups in total. The van der Waals surface area contributed by atoms with Gasteiger partial charge >= 0.3 is 0 Å². The van der Waals surface area contributed by atoms with Crippen LogP contribution in [-0.2, 0) is 7.05 Å². The van der Waals surface area contributed by atoms with Crippen molar-refractivity contribution in [2.75, 3.05) is 5.32 Å². The van der Waals surface area contributed by atoms with Crippen molar-refractivity contribution in [3.63, 3.8) is 0 Å². The third-order valence-corrected chi connectivity index (χ3v) is 3.33. The summed E-state index contributed by atoms with van der Waals surface area (Å²) in [6.45, 7) is 0. The monoisotopic (exact) mass is 285 g/mol. The Morgan fingerprint density at radius 3 is 2.75 bits per heavy atom. The number of anilines is 1. The van der Waals surface area contributed by atoms with E-state index in [1.54, 1.807) is 36.7 Å². The van der Waals surface area contributed by atoms with Crippen molar-refractivity contribution in [3.8, 4) is 0 Å². The molecule has 3 aromatic rings. The largest absolute Gasteiger partial charge is 0.335 e. The maximum absolute atomic E-state index is 12.3. The lowest BCUT2D eigenvalue weighted by Crippen LogP contribution is -2.11. The van der Waals surface area contributed by atoms with E-state index in [4.69, 9.17) is 11.6 Å². The van der Waals surface area contributed by atoms with Gasteiger partial charge in [0.2, 0.25) is 0 Å². The van der Waals surface area contributed by atoms with Gasteiger partial charge in [0.05, 0.1) is 5.56 Å². The van der Waals surface area contributed by atoms with Gasteiger partial charge in [-0.3, -0.25) is 4.79 Å². The zero-order valence-corrected chi connectivity index (χ0v) is 11.6. The van der Waals surface area contributed by atoms with E-state index in [1.165, 1.54) is 0 Å². The van der Waals surface area contributed by atoms with Crippen LogP contribution in [0.4, 0.5) is 5.69 Å². The van der Waals surface area contributed by atoms with Crippen LogP contribution < -0.4 is 5.32 Å². The van der Waals surface area contributed by atoms with E-state index >= 15 is 0 Å². The minimum atomic E-state index is -0.161. The van der Waals surface area contributed by atoms with E-state index in [2.05, 4.69) is 10.3 Å². The van der Waals surface area contributed by atoms with Crippen LogP contribution in [0.3, 0.4) is 0 Å². The summed E-state index contributed by atoms with van der Waals surface area (Å²) < 4.78 is 1.84. The van der Waals surface area contributed by atoms with Crippen LogP contribution in [0.2, 0.25) is 5.02 Å². The second-order valence-electron chi connectivity index (χ2n) is 4.49. The van der Waals surface area contributed by atoms with Crippen molar-refractivity contribution in [1.29, 1.82) is 0 Å². The third kappa shape index (κ3) is 2.26. The lowest BCUT2D eigenvalue weighted by molar-refractivity contribution is 0.102. The highest BCUT2D eigenvalue weighted by atomic mass is 35.5. The number of benzene rings is 1. The fourth-order valence-corrected chi connectivity index (χ4v) is 2.25. The Hall–Kier alpha value is -2.33. The fraction of sp³-hybridized carbons (Fsp3) is 0.0667. The number of aryl methyl sites for hydroxylation is 1. The smallest absolute Gasteiger partial charge is 0.257 e. The molecule has 0 fully saturated rings. The van der Waals surface area contributed by atoms with Gasteiger partial charge < -0.3 is 9.88 Å². The molecule has 0 aliphatic carbocycles. The number of fused-ring (bicyclic) bond motifs is 1. The molecule has 0 radical (unpaired) electrons. The second-order valence-corrected chi connectivity index (χ2v) is 4.93. The van der Waals surface area contributed by atoms with Crippen LogP contribution in [0.1, 0.15) is 10.4 Å². The molecule has 3 rings (SSSR count). The molecule has 0 saturated heterocycles. The minimum Gasteiger partial charge on any atom is -0.335 e. The molecule has 0 bridgehead atoms. The summed E-state index contributed by atoms with van der Waals surface area (Å²) in [6.07, 6.45) is 3.49. The first-order chi connectivity index (χ1) is 9.65. The van der Waals surface area contributed by atoms with Gasteiger partial charge in [-0.25, -0.2) is 4.98 Å². The lowest BCUT2D eigenvalue weighted by Gasteiger charge is -2.04. The molecule has 0 spiro atoms. The lowest BCUT2D eigenvalue weighted by atomic mass is 10.2. The van der Waals surface area contributed by atoms with Crippen molar-refractivity contribution >= 4 is 34.2 Å². The Balaban J connectivity index is 1.95. The van der Waals surface area contributed by atoms with Gasteiger partial charge in [-0.05, 0) is 36.4 Å². The molecule has 2 heterocycles. The normalized spacial score (nSPS) is 10.7. The molecular weight excluding hydrogens is 274 g/mol. The summed E-state index contributed by atoms with van der Waals surface area (Å²) >= 11 is 5.82. The molecule has 0 atom stereocenters. The molecule has 4 nitrogen and oxygen atoms in total. The topological polar surface area (TPSA) is 46.9 Å². The molecular formula is C15H12ClN3O. The summed E-state index contributed by atoms with van der Waals surface area (Å²) in [5.41, 5.74) is 2.10. The molecule has 20 heavy (non-hydrogen) atoms. The molecule has 1 aromatic carbocycles. The molecule has 5 heteroatoms. The number of pyridine rings is 1. The first kappa shape index (κ1) is 12.7. The minimum absolute atomic E-state index is 0.161. The van der Waals surface area contributed by atoms with E-state index in [-0.39, 0.29) is 5.91 Å². The average Bonchev–Trinajstić information content (AvgIpc) is 2.79. The maximum Gasteiger partial charge on any atom is 0.257 e. The van der Waals surface area contributed by atoms with Crippen molar-refractivity contribution in [2.45, 2.75) is 0 Å². The molecule has 0 aliphatic heterocycles. The Morgan fingerprint density at radius 2 is 2.00 bits per heavy atom. The summed E-state index contributed by atoms with van der Waals surface area (Å²) in [5, 5.41) is 4.32. The van der Waals surface area contributed by atoms with Gasteiger partial charge in [-0.2, -0.15) is 0 Å². The van der Waals surface area contributed by atoms with Gasteiger partial charge in [-0.1, -0.05) is 11.6 Å². The average molecular weight is 286 g/mol. The molecule has 0 saturated carbocycles. The molecule has 1 amide bonds. The zero-order valence-electron chi connectivity index (χ0n) is 10.8. The van der Waals surface area contributed by atoms with Crippen LogP contribution in [0.25, 0.3) is 11.0 Å². The maximum atomic E-state index is 12.3. The van der Waals surface area contributed by atoms with Gasteiger partial charge in [-0.15, -0.1) is 0 Å². The Bertz CT molecular complexity index is 777. The molecule has 100 valence electrons. The SMILES string of the molecule is Cn1cc(C(=O)Nc2ccc(Cl)cc2)c2cccnc21. The number of carbonyl (C=O) groups excluding carboxylic acids is 1. The number of nitrogens with one attached hydrogen (secondary N) is 1. The Morgan fingerprint density at radius 1 is 1.25 bits per heavy atom. The first-order valence-electron chi connectivity index (χ1n) is 6.12. The number of nitrogens with zero attached hydrogens (tertiary/aromatic N) is 2. The highest BCUT2D eigenvalue weighted by molar-refractivity contribution is 6.30. The summed E-state index contributed by atoms with van der Waals surface area (Å²) in [5.74, 6) is -0.161. The highest BCUT2D eigenvalue weighted by Gasteiger charge is 2.14. The van der Waals surface area contributed by atoms with Crippen molar-refractivity contribution in [2.24, 2.45) is 7.05 Å². The van der Waals surface area contributed by atoms with Crippen LogP contribution >= 0.6 is 11.6 Å². The number of aromatic nitrogens is 2. The highest BCUT2D eigenvalue weighted by Crippen LogP contribution is 2.20. The van der Waals surface area contributed by atoms with Crippen LogP contribution in [0, 0.1) is 0 Å². The fourth-order valence-electron chi connectivity index (χ4n) is 2.13. The van der Waals surface area contributed by atoms with Gasteiger partial charge in [0.15, 0.2) is 0 Å². The Kier molecular flexibility index (Phi) is 3.16. The third-order valence-electron chi connectivity index (χ3n) is 3.08. The van der Waals surface area contributed by atoms with E-state index in [9.17, 15) is 4.79 Å². The van der Waals surface area contributed by atoms with E-state index in [1.807, 2.05) is 23.7 Å². The van der Waals surface area contributed by atoms with Crippen LogP contribution in [-0.4, -0.2) is 15.5 Å². The molecule has 0 aliphatic rings. The Labute approximate surface area is 121 Å². The molecule has 0 unspecified atom stereocenters. The molecule has 2 aromatic heterocycles. The predicted molar refractivity (Wildman–Crippen MR) is 80.1 cm³/mol. The van der Waals surface area contributed by atoms with Gasteiger partial charge in [0, 0.05) is 35.5 Å². The second kappa shape index (κ2) is 4.98.